The predicted octanol–water partition coefficient (Wildman–Crippen LogP) is 3.35. The topological polar surface area (TPSA) is 56.1 Å². The maximum atomic E-state index is 12.4. The van der Waals surface area contributed by atoms with Gasteiger partial charge in [0.1, 0.15) is 11.6 Å². The molecule has 122 valence electrons. The average Bonchev–Trinajstić information content (AvgIpc) is 2.55. The van der Waals surface area contributed by atoms with E-state index in [4.69, 9.17) is 0 Å². The van der Waals surface area contributed by atoms with Crippen LogP contribution in [0.5, 0.6) is 0 Å². The quantitative estimate of drug-likeness (QED) is 0.685. The Morgan fingerprint density at radius 1 is 1.26 bits per heavy atom. The normalized spacial score (nSPS) is 21.4. The van der Waals surface area contributed by atoms with E-state index in [1.165, 1.54) is 6.42 Å². The second kappa shape index (κ2) is 7.82. The zero-order valence-corrected chi connectivity index (χ0v) is 14.2. The van der Waals surface area contributed by atoms with Crippen LogP contribution in [-0.2, 0) is 4.79 Å². The lowest BCUT2D eigenvalue weighted by atomic mass is 9.86. The number of anilines is 1. The van der Waals surface area contributed by atoms with Crippen molar-refractivity contribution in [1.29, 1.82) is 5.26 Å². The van der Waals surface area contributed by atoms with Crippen molar-refractivity contribution >= 4 is 17.7 Å². The highest BCUT2D eigenvalue weighted by atomic mass is 16.1. The molecule has 1 aromatic rings. The zero-order chi connectivity index (χ0) is 16.8. The van der Waals surface area contributed by atoms with Crippen molar-refractivity contribution < 1.29 is 4.79 Å². The van der Waals surface area contributed by atoms with E-state index in [0.29, 0.717) is 5.92 Å². The maximum absolute atomic E-state index is 12.4. The van der Waals surface area contributed by atoms with Crippen LogP contribution in [0.25, 0.3) is 6.08 Å². The molecule has 1 aromatic carbocycles. The summed E-state index contributed by atoms with van der Waals surface area (Å²) >= 11 is 0. The second-order valence-electron chi connectivity index (χ2n) is 6.50. The molecule has 1 aliphatic rings. The van der Waals surface area contributed by atoms with E-state index in [2.05, 4.69) is 12.2 Å². The monoisotopic (exact) mass is 311 g/mol. The van der Waals surface area contributed by atoms with Gasteiger partial charge in [0.15, 0.2) is 0 Å². The van der Waals surface area contributed by atoms with Gasteiger partial charge in [0.25, 0.3) is 5.91 Å². The number of nitriles is 1. The van der Waals surface area contributed by atoms with Crippen LogP contribution >= 0.6 is 0 Å². The number of amides is 1. The Hall–Kier alpha value is -2.28. The summed E-state index contributed by atoms with van der Waals surface area (Å²) in [6, 6.07) is 10.0. The van der Waals surface area contributed by atoms with Gasteiger partial charge in [-0.2, -0.15) is 5.26 Å². The second-order valence-corrected chi connectivity index (χ2v) is 6.50. The van der Waals surface area contributed by atoms with Gasteiger partial charge in [-0.25, -0.2) is 0 Å². The van der Waals surface area contributed by atoms with E-state index >= 15 is 0 Å². The van der Waals surface area contributed by atoms with Gasteiger partial charge in [0, 0.05) is 25.8 Å². The van der Waals surface area contributed by atoms with Gasteiger partial charge < -0.3 is 10.2 Å². The Labute approximate surface area is 138 Å². The van der Waals surface area contributed by atoms with E-state index in [-0.39, 0.29) is 17.5 Å². The van der Waals surface area contributed by atoms with Crippen LogP contribution in [0.2, 0.25) is 0 Å². The highest BCUT2D eigenvalue weighted by Gasteiger charge is 2.23. The Balaban J connectivity index is 2.08. The Morgan fingerprint density at radius 2 is 1.91 bits per heavy atom. The highest BCUT2D eigenvalue weighted by Crippen LogP contribution is 2.24. The number of nitrogens with zero attached hydrogens (tertiary/aromatic N) is 2. The van der Waals surface area contributed by atoms with Gasteiger partial charge in [-0.15, -0.1) is 0 Å². The molecule has 4 heteroatoms. The first-order valence-corrected chi connectivity index (χ1v) is 8.21. The minimum absolute atomic E-state index is 0.167. The third-order valence-electron chi connectivity index (χ3n) is 4.51. The smallest absolute Gasteiger partial charge is 0.262 e. The van der Waals surface area contributed by atoms with Gasteiger partial charge in [-0.3, -0.25) is 4.79 Å². The van der Waals surface area contributed by atoms with Crippen molar-refractivity contribution in [2.45, 2.75) is 38.6 Å². The Morgan fingerprint density at radius 3 is 2.48 bits per heavy atom. The van der Waals surface area contributed by atoms with Crippen molar-refractivity contribution in [1.82, 2.24) is 5.32 Å². The zero-order valence-electron chi connectivity index (χ0n) is 14.2. The fourth-order valence-corrected chi connectivity index (χ4v) is 2.96. The number of rotatable bonds is 4. The van der Waals surface area contributed by atoms with Gasteiger partial charge in [0.2, 0.25) is 0 Å². The van der Waals surface area contributed by atoms with E-state index in [0.717, 1.165) is 30.5 Å². The maximum Gasteiger partial charge on any atom is 0.262 e. The lowest BCUT2D eigenvalue weighted by Gasteiger charge is -2.29. The SMILES string of the molecule is C[C@H]1CCCC[C@@H]1NC(=O)/C(C#N)=C\c1ccc(N(C)C)cc1. The van der Waals surface area contributed by atoms with Gasteiger partial charge in [-0.05, 0) is 42.5 Å². The lowest BCUT2D eigenvalue weighted by molar-refractivity contribution is -0.118. The van der Waals surface area contributed by atoms with E-state index in [9.17, 15) is 10.1 Å². The number of hydrogen-bond donors (Lipinski definition) is 1. The number of carbonyl (C=O) groups excluding carboxylic acids is 1. The summed E-state index contributed by atoms with van der Waals surface area (Å²) < 4.78 is 0. The number of benzene rings is 1. The van der Waals surface area contributed by atoms with Crippen LogP contribution in [0, 0.1) is 17.2 Å². The fraction of sp³-hybridized carbons (Fsp3) is 0.474. The molecule has 0 heterocycles. The molecule has 1 saturated carbocycles. The number of nitrogens with one attached hydrogen (secondary N) is 1. The first-order chi connectivity index (χ1) is 11.0. The fourth-order valence-electron chi connectivity index (χ4n) is 2.96. The van der Waals surface area contributed by atoms with Crippen molar-refractivity contribution in [3.63, 3.8) is 0 Å². The van der Waals surface area contributed by atoms with E-state index < -0.39 is 0 Å². The molecule has 0 radical (unpaired) electrons. The van der Waals surface area contributed by atoms with Gasteiger partial charge in [0.05, 0.1) is 0 Å². The summed E-state index contributed by atoms with van der Waals surface area (Å²) in [5, 5.41) is 12.3. The molecule has 0 spiro atoms. The van der Waals surface area contributed by atoms with E-state index in [1.807, 2.05) is 49.3 Å². The molecule has 23 heavy (non-hydrogen) atoms. The minimum atomic E-state index is -0.261. The molecule has 0 aromatic heterocycles. The van der Waals surface area contributed by atoms with Crippen LogP contribution in [0.4, 0.5) is 5.69 Å². The largest absolute Gasteiger partial charge is 0.378 e. The molecule has 0 saturated heterocycles. The number of carbonyl (C=O) groups is 1. The summed E-state index contributed by atoms with van der Waals surface area (Å²) in [7, 11) is 3.95. The average molecular weight is 311 g/mol. The van der Waals surface area contributed by atoms with Crippen molar-refractivity contribution in [2.24, 2.45) is 5.92 Å². The summed E-state index contributed by atoms with van der Waals surface area (Å²) in [5.74, 6) is 0.218. The highest BCUT2D eigenvalue weighted by molar-refractivity contribution is 6.01. The first-order valence-electron chi connectivity index (χ1n) is 8.21. The molecular weight excluding hydrogens is 286 g/mol. The summed E-state index contributed by atoms with van der Waals surface area (Å²) in [6.45, 7) is 2.17. The molecule has 2 atom stereocenters. The molecule has 2 rings (SSSR count). The molecule has 0 bridgehead atoms. The summed E-state index contributed by atoms with van der Waals surface area (Å²) in [4.78, 5) is 14.4. The molecule has 1 amide bonds. The van der Waals surface area contributed by atoms with Crippen LogP contribution < -0.4 is 10.2 Å². The Bertz CT molecular complexity index is 610. The third kappa shape index (κ3) is 4.59. The van der Waals surface area contributed by atoms with Crippen LogP contribution in [-0.4, -0.2) is 26.0 Å². The van der Waals surface area contributed by atoms with Crippen LogP contribution in [0.15, 0.2) is 29.8 Å². The van der Waals surface area contributed by atoms with Crippen LogP contribution in [0.1, 0.15) is 38.2 Å². The molecule has 4 nitrogen and oxygen atoms in total. The first kappa shape index (κ1) is 17.1. The van der Waals surface area contributed by atoms with Crippen molar-refractivity contribution in [3.8, 4) is 6.07 Å². The Kier molecular flexibility index (Phi) is 5.81. The number of hydrogen-bond acceptors (Lipinski definition) is 3. The van der Waals surface area contributed by atoms with Gasteiger partial charge in [-0.1, -0.05) is 31.9 Å². The van der Waals surface area contributed by atoms with Crippen molar-refractivity contribution in [3.05, 3.63) is 35.4 Å². The van der Waals surface area contributed by atoms with E-state index in [1.54, 1.807) is 6.08 Å². The lowest BCUT2D eigenvalue weighted by Crippen LogP contribution is -2.41. The van der Waals surface area contributed by atoms with Crippen LogP contribution in [0.3, 0.4) is 0 Å². The third-order valence-corrected chi connectivity index (χ3v) is 4.51. The summed E-state index contributed by atoms with van der Waals surface area (Å²) in [6.07, 6.45) is 6.17. The predicted molar refractivity (Wildman–Crippen MR) is 93.9 cm³/mol. The molecule has 0 aliphatic heterocycles. The molecule has 1 aliphatic carbocycles. The van der Waals surface area contributed by atoms with Gasteiger partial charge >= 0.3 is 0 Å². The molecule has 1 fully saturated rings. The minimum Gasteiger partial charge on any atom is -0.378 e. The molecular formula is C19H25N3O. The molecule has 0 unspecified atom stereocenters. The standard InChI is InChI=1S/C19H25N3O/c1-14-6-4-5-7-18(14)21-19(23)16(13-20)12-15-8-10-17(11-9-15)22(2)3/h8-12,14,18H,4-7H2,1-3H3,(H,21,23)/b16-12-/t14-,18-/m0/s1. The summed E-state index contributed by atoms with van der Waals surface area (Å²) in [5.41, 5.74) is 2.11. The van der Waals surface area contributed by atoms with Crippen molar-refractivity contribution in [2.75, 3.05) is 19.0 Å². The molecule has 1 N–H and O–H groups in total.